The van der Waals surface area contributed by atoms with E-state index >= 15 is 0 Å². The fourth-order valence-electron chi connectivity index (χ4n) is 2.15. The van der Waals surface area contributed by atoms with Crippen molar-refractivity contribution in [2.45, 2.75) is 6.42 Å². The lowest BCUT2D eigenvalue weighted by Gasteiger charge is -2.14. The van der Waals surface area contributed by atoms with Crippen molar-refractivity contribution >= 4 is 29.2 Å². The lowest BCUT2D eigenvalue weighted by atomic mass is 10.1. The topological polar surface area (TPSA) is 156 Å². The van der Waals surface area contributed by atoms with E-state index in [1.165, 1.54) is 24.3 Å². The molecule has 0 aromatic heterocycles. The molecule has 0 radical (unpaired) electrons. The summed E-state index contributed by atoms with van der Waals surface area (Å²) >= 11 is 0. The second kappa shape index (κ2) is 8.54. The molecule has 2 aromatic rings. The van der Waals surface area contributed by atoms with Gasteiger partial charge in [-0.1, -0.05) is 12.1 Å². The van der Waals surface area contributed by atoms with Gasteiger partial charge < -0.3 is 10.4 Å². The van der Waals surface area contributed by atoms with Crippen LogP contribution in [0.4, 0.5) is 11.4 Å². The Morgan fingerprint density at radius 2 is 1.67 bits per heavy atom. The Labute approximate surface area is 153 Å². The molecule has 2 aromatic carbocycles. The summed E-state index contributed by atoms with van der Waals surface area (Å²) < 4.78 is 0. The first-order valence-electron chi connectivity index (χ1n) is 7.68. The number of carboxylic acid groups (broad SMARTS) is 1. The van der Waals surface area contributed by atoms with Gasteiger partial charge in [-0.05, 0) is 29.8 Å². The molecule has 4 N–H and O–H groups in total. The van der Waals surface area contributed by atoms with Crippen molar-refractivity contribution < 1.29 is 24.4 Å². The Kier molecular flexibility index (Phi) is 6.18. The maximum Gasteiger partial charge on any atom is 0.324 e. The summed E-state index contributed by atoms with van der Waals surface area (Å²) in [6.45, 7) is -0.595. The fourth-order valence-corrected chi connectivity index (χ4v) is 2.15. The van der Waals surface area contributed by atoms with E-state index in [9.17, 15) is 24.5 Å². The molecular weight excluding hydrogens is 356 g/mol. The number of hydrogen-bond acceptors (Lipinski definition) is 6. The number of hydrogen-bond donors (Lipinski definition) is 3. The monoisotopic (exact) mass is 372 g/mol. The van der Waals surface area contributed by atoms with E-state index in [1.807, 2.05) is 0 Å². The Bertz CT molecular complexity index is 864. The first-order valence-corrected chi connectivity index (χ1v) is 7.68. The van der Waals surface area contributed by atoms with Crippen LogP contribution in [0.15, 0.2) is 48.5 Å². The van der Waals surface area contributed by atoms with Crippen molar-refractivity contribution in [1.82, 2.24) is 5.01 Å². The molecule has 27 heavy (non-hydrogen) atoms. The van der Waals surface area contributed by atoms with E-state index < -0.39 is 29.3 Å². The number of amides is 2. The fraction of sp³-hybridized carbons (Fsp3) is 0.118. The van der Waals surface area contributed by atoms with E-state index in [0.29, 0.717) is 16.3 Å². The minimum absolute atomic E-state index is 0.0830. The van der Waals surface area contributed by atoms with Crippen LogP contribution in [0.5, 0.6) is 0 Å². The maximum absolute atomic E-state index is 12.1. The molecule has 0 atom stereocenters. The van der Waals surface area contributed by atoms with Gasteiger partial charge in [0.2, 0.25) is 5.91 Å². The van der Waals surface area contributed by atoms with Crippen LogP contribution < -0.4 is 11.2 Å². The SMILES string of the molecule is NN(CC(=O)O)C(=O)Cc1ccc(NC(=O)c2ccc([N+](=O)[O-])cc2)cc1. The number of carboxylic acids is 1. The summed E-state index contributed by atoms with van der Waals surface area (Å²) in [6, 6.07) is 11.5. The van der Waals surface area contributed by atoms with Crippen LogP contribution in [0.1, 0.15) is 15.9 Å². The Hall–Kier alpha value is -3.79. The van der Waals surface area contributed by atoms with Gasteiger partial charge in [-0.3, -0.25) is 29.5 Å². The molecule has 2 rings (SSSR count). The smallest absolute Gasteiger partial charge is 0.324 e. The van der Waals surface area contributed by atoms with Gasteiger partial charge in [0.25, 0.3) is 11.6 Å². The lowest BCUT2D eigenvalue weighted by molar-refractivity contribution is -0.384. The molecular formula is C17H16N4O6. The van der Waals surface area contributed by atoms with Crippen molar-refractivity contribution in [3.8, 4) is 0 Å². The van der Waals surface area contributed by atoms with Crippen LogP contribution in [0.25, 0.3) is 0 Å². The van der Waals surface area contributed by atoms with Crippen molar-refractivity contribution in [2.24, 2.45) is 5.84 Å². The molecule has 10 nitrogen and oxygen atoms in total. The summed E-state index contributed by atoms with van der Waals surface area (Å²) in [5.74, 6) is 3.15. The molecule has 140 valence electrons. The highest BCUT2D eigenvalue weighted by Gasteiger charge is 2.14. The summed E-state index contributed by atoms with van der Waals surface area (Å²) in [6.07, 6.45) is -0.0830. The van der Waals surface area contributed by atoms with Crippen LogP contribution in [0, 0.1) is 10.1 Å². The van der Waals surface area contributed by atoms with Gasteiger partial charge in [0, 0.05) is 23.4 Å². The molecule has 0 saturated carbocycles. The highest BCUT2D eigenvalue weighted by atomic mass is 16.6. The summed E-state index contributed by atoms with van der Waals surface area (Å²) in [5.41, 5.74) is 1.20. The van der Waals surface area contributed by atoms with Crippen LogP contribution in [0.3, 0.4) is 0 Å². The molecule has 2 amide bonds. The van der Waals surface area contributed by atoms with Crippen LogP contribution in [-0.2, 0) is 16.0 Å². The molecule has 0 aliphatic heterocycles. The van der Waals surface area contributed by atoms with Crippen LogP contribution in [0.2, 0.25) is 0 Å². The quantitative estimate of drug-likeness (QED) is 0.285. The number of anilines is 1. The molecule has 0 bridgehead atoms. The molecule has 10 heteroatoms. The second-order valence-electron chi connectivity index (χ2n) is 5.55. The molecule has 0 aliphatic carbocycles. The van der Waals surface area contributed by atoms with Gasteiger partial charge >= 0.3 is 5.97 Å². The molecule has 0 spiro atoms. The van der Waals surface area contributed by atoms with Crippen molar-refractivity contribution in [1.29, 1.82) is 0 Å². The van der Waals surface area contributed by atoms with Gasteiger partial charge in [0.05, 0.1) is 11.3 Å². The third-order valence-electron chi connectivity index (χ3n) is 3.53. The van der Waals surface area contributed by atoms with Crippen molar-refractivity contribution in [2.75, 3.05) is 11.9 Å². The predicted molar refractivity (Wildman–Crippen MR) is 94.7 cm³/mol. The third kappa shape index (κ3) is 5.61. The largest absolute Gasteiger partial charge is 0.480 e. The second-order valence-corrected chi connectivity index (χ2v) is 5.55. The van der Waals surface area contributed by atoms with E-state index in [2.05, 4.69) is 5.32 Å². The first kappa shape index (κ1) is 19.5. The van der Waals surface area contributed by atoms with E-state index in [1.54, 1.807) is 24.3 Å². The highest BCUT2D eigenvalue weighted by molar-refractivity contribution is 6.04. The number of carbonyl (C=O) groups is 3. The molecule has 0 aliphatic rings. The Balaban J connectivity index is 1.96. The summed E-state index contributed by atoms with van der Waals surface area (Å²) in [5, 5.41) is 22.5. The molecule has 0 saturated heterocycles. The van der Waals surface area contributed by atoms with Gasteiger partial charge in [-0.25, -0.2) is 5.84 Å². The van der Waals surface area contributed by atoms with Crippen molar-refractivity contribution in [3.63, 3.8) is 0 Å². The molecule has 0 heterocycles. The number of nitrogens with zero attached hydrogens (tertiary/aromatic N) is 2. The number of non-ortho nitro benzene ring substituents is 1. The highest BCUT2D eigenvalue weighted by Crippen LogP contribution is 2.15. The number of hydrazine groups is 1. The number of rotatable bonds is 7. The standard InChI is InChI=1S/C17H16N4O6/c18-20(10-16(23)24)15(22)9-11-1-5-13(6-2-11)19-17(25)12-3-7-14(8-4-12)21(26)27/h1-8H,9-10,18H2,(H,19,25)(H,23,24). The zero-order valence-electron chi connectivity index (χ0n) is 14.0. The van der Waals surface area contributed by atoms with E-state index in [-0.39, 0.29) is 17.7 Å². The number of carbonyl (C=O) groups excluding carboxylic acids is 2. The van der Waals surface area contributed by atoms with Gasteiger partial charge in [-0.15, -0.1) is 0 Å². The maximum atomic E-state index is 12.1. The lowest BCUT2D eigenvalue weighted by Crippen LogP contribution is -2.42. The summed E-state index contributed by atoms with van der Waals surface area (Å²) in [7, 11) is 0. The van der Waals surface area contributed by atoms with Crippen LogP contribution in [-0.4, -0.2) is 39.4 Å². The Morgan fingerprint density at radius 3 is 2.19 bits per heavy atom. The average molecular weight is 372 g/mol. The predicted octanol–water partition coefficient (Wildman–Crippen LogP) is 1.18. The molecule has 0 fully saturated rings. The van der Waals surface area contributed by atoms with Crippen molar-refractivity contribution in [3.05, 3.63) is 69.8 Å². The minimum Gasteiger partial charge on any atom is -0.480 e. The molecule has 0 unspecified atom stereocenters. The van der Waals surface area contributed by atoms with Gasteiger partial charge in [0.1, 0.15) is 6.54 Å². The van der Waals surface area contributed by atoms with E-state index in [0.717, 1.165) is 0 Å². The van der Waals surface area contributed by atoms with E-state index in [4.69, 9.17) is 10.9 Å². The minimum atomic E-state index is -1.21. The summed E-state index contributed by atoms with van der Waals surface area (Å²) in [4.78, 5) is 44.5. The zero-order chi connectivity index (χ0) is 20.0. The number of nitro benzene ring substituents is 1. The number of benzene rings is 2. The normalized spacial score (nSPS) is 10.1. The number of aliphatic carboxylic acids is 1. The first-order chi connectivity index (χ1) is 12.8. The number of nitrogens with one attached hydrogen (secondary N) is 1. The third-order valence-corrected chi connectivity index (χ3v) is 3.53. The number of nitrogens with two attached hydrogens (primary N) is 1. The average Bonchev–Trinajstić information content (AvgIpc) is 2.62. The zero-order valence-corrected chi connectivity index (χ0v) is 14.0. The Morgan fingerprint density at radius 1 is 1.07 bits per heavy atom. The van der Waals surface area contributed by atoms with Crippen LogP contribution >= 0.6 is 0 Å². The van der Waals surface area contributed by atoms with Gasteiger partial charge in [-0.2, -0.15) is 0 Å². The number of nitro groups is 1. The van der Waals surface area contributed by atoms with Gasteiger partial charge in [0.15, 0.2) is 0 Å².